The van der Waals surface area contributed by atoms with Crippen molar-refractivity contribution >= 4 is 17.2 Å². The maximum absolute atomic E-state index is 10.9. The third-order valence-electron chi connectivity index (χ3n) is 2.71. The number of hydrogen-bond acceptors (Lipinski definition) is 6. The van der Waals surface area contributed by atoms with E-state index in [-0.39, 0.29) is 5.91 Å². The molecule has 2 heterocycles. The molecule has 2 aromatic heterocycles. The maximum Gasteiger partial charge on any atom is 0.233 e. The zero-order valence-electron chi connectivity index (χ0n) is 11.2. The van der Waals surface area contributed by atoms with Gasteiger partial charge in [-0.2, -0.15) is 0 Å². The first kappa shape index (κ1) is 13.0. The van der Waals surface area contributed by atoms with Gasteiger partial charge in [0.15, 0.2) is 5.65 Å². The van der Waals surface area contributed by atoms with E-state index >= 15 is 0 Å². The van der Waals surface area contributed by atoms with Crippen molar-refractivity contribution < 1.29 is 9.53 Å². The minimum absolute atomic E-state index is 0.0991. The summed E-state index contributed by atoms with van der Waals surface area (Å²) >= 11 is 0. The van der Waals surface area contributed by atoms with Crippen molar-refractivity contribution in [3.63, 3.8) is 0 Å². The molecule has 106 valence electrons. The molecule has 1 aromatic carbocycles. The first-order chi connectivity index (χ1) is 10.2. The summed E-state index contributed by atoms with van der Waals surface area (Å²) in [4.78, 5) is 10.9. The molecule has 0 aliphatic carbocycles. The third kappa shape index (κ3) is 3.11. The molecule has 0 aliphatic heterocycles. The molecule has 8 heteroatoms. The number of nitrogens with zero attached hydrogens (tertiary/aromatic N) is 5. The lowest BCUT2D eigenvalue weighted by atomic mass is 10.2. The number of nitrogens with one attached hydrogen (secondary N) is 1. The van der Waals surface area contributed by atoms with Gasteiger partial charge in [-0.25, -0.2) is 0 Å². The Labute approximate surface area is 119 Å². The topological polar surface area (TPSA) is 94.3 Å². The predicted octanol–water partition coefficient (Wildman–Crippen LogP) is 1.06. The molecule has 0 bridgehead atoms. The fourth-order valence-electron chi connectivity index (χ4n) is 1.76. The van der Waals surface area contributed by atoms with Gasteiger partial charge in [-0.1, -0.05) is 12.1 Å². The van der Waals surface area contributed by atoms with Gasteiger partial charge < -0.3 is 10.1 Å². The molecule has 0 atom stereocenters. The van der Waals surface area contributed by atoms with Crippen molar-refractivity contribution in [3.05, 3.63) is 42.0 Å². The van der Waals surface area contributed by atoms with E-state index in [1.165, 1.54) is 11.6 Å². The molecule has 0 radical (unpaired) electrons. The normalized spacial score (nSPS) is 10.5. The number of rotatable bonds is 4. The second kappa shape index (κ2) is 5.53. The molecule has 0 saturated heterocycles. The van der Waals surface area contributed by atoms with Crippen LogP contribution in [0, 0.1) is 0 Å². The third-order valence-corrected chi connectivity index (χ3v) is 2.71. The van der Waals surface area contributed by atoms with Crippen LogP contribution < -0.4 is 10.1 Å². The summed E-state index contributed by atoms with van der Waals surface area (Å²) in [7, 11) is 0. The molecule has 0 saturated carbocycles. The van der Waals surface area contributed by atoms with E-state index < -0.39 is 0 Å². The van der Waals surface area contributed by atoms with Crippen molar-refractivity contribution in [1.29, 1.82) is 0 Å². The molecule has 1 N–H and O–H groups in total. The van der Waals surface area contributed by atoms with E-state index in [2.05, 4.69) is 25.9 Å². The summed E-state index contributed by atoms with van der Waals surface area (Å²) in [5.74, 6) is 0.332. The van der Waals surface area contributed by atoms with Crippen molar-refractivity contribution in [2.75, 3.05) is 5.32 Å². The summed E-state index contributed by atoms with van der Waals surface area (Å²) in [5.41, 5.74) is 2.27. The number of hydrogen-bond donors (Lipinski definition) is 1. The molecule has 8 nitrogen and oxygen atoms in total. The number of amides is 1. The van der Waals surface area contributed by atoms with Gasteiger partial charge in [0.1, 0.15) is 6.61 Å². The molecule has 1 amide bonds. The van der Waals surface area contributed by atoms with Gasteiger partial charge in [0, 0.05) is 18.7 Å². The number of carbonyl (C=O) groups is 1. The second-order valence-corrected chi connectivity index (χ2v) is 4.36. The molecule has 0 aliphatic rings. The number of benzene rings is 1. The quantitative estimate of drug-likeness (QED) is 0.769. The summed E-state index contributed by atoms with van der Waals surface area (Å²) in [6.07, 6.45) is 0. The first-order valence-electron chi connectivity index (χ1n) is 6.25. The molecular formula is C13H12N6O2. The Morgan fingerprint density at radius 3 is 2.81 bits per heavy atom. The van der Waals surface area contributed by atoms with Gasteiger partial charge in [-0.3, -0.25) is 4.79 Å². The van der Waals surface area contributed by atoms with Crippen molar-refractivity contribution in [1.82, 2.24) is 25.3 Å². The lowest BCUT2D eigenvalue weighted by Gasteiger charge is -2.06. The van der Waals surface area contributed by atoms with E-state index in [9.17, 15) is 4.79 Å². The van der Waals surface area contributed by atoms with Crippen LogP contribution in [0.15, 0.2) is 36.4 Å². The number of fused-ring (bicyclic) bond motifs is 1. The van der Waals surface area contributed by atoms with Gasteiger partial charge in [0.05, 0.1) is 0 Å². The molecule has 3 rings (SSSR count). The van der Waals surface area contributed by atoms with Crippen molar-refractivity contribution in [3.8, 4) is 5.88 Å². The summed E-state index contributed by atoms with van der Waals surface area (Å²) in [6.45, 7) is 1.83. The summed E-state index contributed by atoms with van der Waals surface area (Å²) in [6, 6.07) is 10.8. The van der Waals surface area contributed by atoms with E-state index in [0.717, 1.165) is 11.3 Å². The van der Waals surface area contributed by atoms with Crippen molar-refractivity contribution in [2.24, 2.45) is 0 Å². The van der Waals surface area contributed by atoms with Crippen LogP contribution >= 0.6 is 0 Å². The van der Waals surface area contributed by atoms with Gasteiger partial charge in [-0.15, -0.1) is 14.8 Å². The lowest BCUT2D eigenvalue weighted by Crippen LogP contribution is -2.06. The monoisotopic (exact) mass is 284 g/mol. The van der Waals surface area contributed by atoms with E-state index in [0.29, 0.717) is 18.1 Å². The maximum atomic E-state index is 10.9. The molecule has 21 heavy (non-hydrogen) atoms. The molecule has 0 fully saturated rings. The highest BCUT2D eigenvalue weighted by atomic mass is 16.5. The van der Waals surface area contributed by atoms with Crippen molar-refractivity contribution in [2.45, 2.75) is 13.5 Å². The van der Waals surface area contributed by atoms with Gasteiger partial charge in [-0.05, 0) is 34.2 Å². The van der Waals surface area contributed by atoms with Crippen LogP contribution in [-0.2, 0) is 11.4 Å². The smallest absolute Gasteiger partial charge is 0.233 e. The number of carbonyl (C=O) groups excluding carboxylic acids is 1. The van der Waals surface area contributed by atoms with Gasteiger partial charge >= 0.3 is 0 Å². The average Bonchev–Trinajstić information content (AvgIpc) is 2.93. The standard InChI is InChI=1S/C13H12N6O2/c1-9(20)14-11-4-2-10(3-5-11)8-21-13-7-6-12-15-17-18-19(12)16-13/h2-7H,8H2,1H3,(H,14,20). The largest absolute Gasteiger partial charge is 0.472 e. The molecule has 0 unspecified atom stereocenters. The Balaban J connectivity index is 1.65. The molecule has 0 spiro atoms. The fourth-order valence-corrected chi connectivity index (χ4v) is 1.76. The molecule has 3 aromatic rings. The van der Waals surface area contributed by atoms with Crippen LogP contribution in [0.1, 0.15) is 12.5 Å². The fraction of sp³-hybridized carbons (Fsp3) is 0.154. The Morgan fingerprint density at radius 1 is 1.24 bits per heavy atom. The minimum Gasteiger partial charge on any atom is -0.472 e. The van der Waals surface area contributed by atoms with Gasteiger partial charge in [0.2, 0.25) is 11.8 Å². The van der Waals surface area contributed by atoms with Crippen LogP contribution in [0.2, 0.25) is 0 Å². The van der Waals surface area contributed by atoms with Crippen LogP contribution in [0.4, 0.5) is 5.69 Å². The Hall–Kier alpha value is -3.03. The number of anilines is 1. The second-order valence-electron chi connectivity index (χ2n) is 4.36. The zero-order chi connectivity index (χ0) is 14.7. The highest BCUT2D eigenvalue weighted by Crippen LogP contribution is 2.12. The summed E-state index contributed by atoms with van der Waals surface area (Å²) < 4.78 is 6.88. The highest BCUT2D eigenvalue weighted by molar-refractivity contribution is 5.88. The number of ether oxygens (including phenoxy) is 1. The first-order valence-corrected chi connectivity index (χ1v) is 6.25. The lowest BCUT2D eigenvalue weighted by molar-refractivity contribution is -0.114. The minimum atomic E-state index is -0.0991. The number of tetrazole rings is 1. The predicted molar refractivity (Wildman–Crippen MR) is 73.7 cm³/mol. The SMILES string of the molecule is CC(=O)Nc1ccc(COc2ccc3nnnn3n2)cc1. The van der Waals surface area contributed by atoms with Crippen LogP contribution in [0.25, 0.3) is 5.65 Å². The van der Waals surface area contributed by atoms with Crippen LogP contribution in [-0.4, -0.2) is 31.2 Å². The Morgan fingerprint density at radius 2 is 2.05 bits per heavy atom. The average molecular weight is 284 g/mol. The molecular weight excluding hydrogens is 272 g/mol. The highest BCUT2D eigenvalue weighted by Gasteiger charge is 2.02. The van der Waals surface area contributed by atoms with Crippen LogP contribution in [0.5, 0.6) is 5.88 Å². The zero-order valence-corrected chi connectivity index (χ0v) is 11.2. The summed E-state index contributed by atoms with van der Waals surface area (Å²) in [5, 5.41) is 17.8. The van der Waals surface area contributed by atoms with Crippen LogP contribution in [0.3, 0.4) is 0 Å². The Bertz CT molecular complexity index is 768. The van der Waals surface area contributed by atoms with Gasteiger partial charge in [0.25, 0.3) is 0 Å². The van der Waals surface area contributed by atoms with E-state index in [1.807, 2.05) is 24.3 Å². The Kier molecular flexibility index (Phi) is 3.42. The number of aromatic nitrogens is 5. The van der Waals surface area contributed by atoms with E-state index in [1.54, 1.807) is 12.1 Å². The van der Waals surface area contributed by atoms with E-state index in [4.69, 9.17) is 4.74 Å².